The average molecular weight is 273 g/mol. The summed E-state index contributed by atoms with van der Waals surface area (Å²) in [5.74, 6) is 0.621. The number of rotatable bonds is 1. The Morgan fingerprint density at radius 1 is 1.32 bits per heavy atom. The van der Waals surface area contributed by atoms with Gasteiger partial charge in [-0.2, -0.15) is 0 Å². The third-order valence-corrected chi connectivity index (χ3v) is 4.52. The normalized spacial score (nSPS) is 18.7. The van der Waals surface area contributed by atoms with E-state index in [1.54, 1.807) is 17.4 Å². The van der Waals surface area contributed by atoms with Gasteiger partial charge in [-0.15, -0.1) is 11.3 Å². The van der Waals surface area contributed by atoms with Gasteiger partial charge in [-0.1, -0.05) is 0 Å². The molecule has 4 rings (SSSR count). The van der Waals surface area contributed by atoms with Crippen LogP contribution < -0.4 is 5.32 Å². The molecule has 0 radical (unpaired) electrons. The zero-order valence-electron chi connectivity index (χ0n) is 10.1. The molecule has 3 nitrogen and oxygen atoms in total. The van der Waals surface area contributed by atoms with E-state index >= 15 is 0 Å². The quantitative estimate of drug-likeness (QED) is 0.715. The molecule has 0 bridgehead atoms. The molecular weight excluding hydrogens is 261 g/mol. The van der Waals surface area contributed by atoms with E-state index in [0.717, 1.165) is 29.8 Å². The Morgan fingerprint density at radius 3 is 3.21 bits per heavy atom. The van der Waals surface area contributed by atoms with E-state index < -0.39 is 0 Å². The summed E-state index contributed by atoms with van der Waals surface area (Å²) in [4.78, 5) is 9.22. The van der Waals surface area contributed by atoms with E-state index in [2.05, 4.69) is 26.7 Å². The molecule has 19 heavy (non-hydrogen) atoms. The van der Waals surface area contributed by atoms with Gasteiger partial charge >= 0.3 is 0 Å². The fraction of sp³-hybridized carbons (Fsp3) is 0.214. The van der Waals surface area contributed by atoms with Crippen molar-refractivity contribution in [3.63, 3.8) is 0 Å². The molecule has 5 heteroatoms. The van der Waals surface area contributed by atoms with Crippen LogP contribution in [0.3, 0.4) is 0 Å². The summed E-state index contributed by atoms with van der Waals surface area (Å²) in [5, 5.41) is 5.59. The van der Waals surface area contributed by atoms with Gasteiger partial charge in [0, 0.05) is 11.4 Å². The lowest BCUT2D eigenvalue weighted by Gasteiger charge is -2.22. The molecular formula is C14H12FN3S. The maximum Gasteiger partial charge on any atom is 0.129 e. The fourth-order valence-electron chi connectivity index (χ4n) is 2.63. The molecule has 1 aliphatic heterocycles. The molecule has 0 aliphatic carbocycles. The molecule has 0 spiro atoms. The van der Waals surface area contributed by atoms with Gasteiger partial charge in [0.2, 0.25) is 0 Å². The standard InChI is InChI=1S/C14H12FN3S/c15-8-1-2-10-11(7-8)18-14(17-10)13-9-4-6-19-12(9)3-5-16-13/h1-2,4,6-7,13,16H,3,5H2,(H,17,18). The molecule has 1 aliphatic rings. The summed E-state index contributed by atoms with van der Waals surface area (Å²) in [5.41, 5.74) is 2.84. The zero-order valence-corrected chi connectivity index (χ0v) is 10.9. The van der Waals surface area contributed by atoms with Gasteiger partial charge in [0.15, 0.2) is 0 Å². The Hall–Kier alpha value is -1.72. The number of nitrogens with zero attached hydrogens (tertiary/aromatic N) is 1. The van der Waals surface area contributed by atoms with Gasteiger partial charge in [-0.05, 0) is 41.6 Å². The van der Waals surface area contributed by atoms with Crippen LogP contribution in [-0.4, -0.2) is 16.5 Å². The van der Waals surface area contributed by atoms with Gasteiger partial charge in [0.25, 0.3) is 0 Å². The largest absolute Gasteiger partial charge is 0.340 e. The highest BCUT2D eigenvalue weighted by atomic mass is 32.1. The Kier molecular flexibility index (Phi) is 2.43. The molecule has 3 heterocycles. The first kappa shape index (κ1) is 11.1. The number of thiophene rings is 1. The van der Waals surface area contributed by atoms with Crippen molar-refractivity contribution in [1.29, 1.82) is 0 Å². The minimum atomic E-state index is -0.240. The Morgan fingerprint density at radius 2 is 2.26 bits per heavy atom. The summed E-state index contributed by atoms with van der Waals surface area (Å²) in [6, 6.07) is 6.87. The van der Waals surface area contributed by atoms with E-state index in [1.165, 1.54) is 22.6 Å². The van der Waals surface area contributed by atoms with E-state index in [4.69, 9.17) is 0 Å². The van der Waals surface area contributed by atoms with Crippen LogP contribution in [0, 0.1) is 5.82 Å². The summed E-state index contributed by atoms with van der Waals surface area (Å²) in [6.45, 7) is 0.948. The Labute approximate surface area is 113 Å². The lowest BCUT2D eigenvalue weighted by Crippen LogP contribution is -2.30. The van der Waals surface area contributed by atoms with Crippen molar-refractivity contribution in [2.75, 3.05) is 6.54 Å². The van der Waals surface area contributed by atoms with Gasteiger partial charge in [-0.25, -0.2) is 9.37 Å². The van der Waals surface area contributed by atoms with Crippen molar-refractivity contribution in [2.24, 2.45) is 0 Å². The number of imidazole rings is 1. The van der Waals surface area contributed by atoms with Crippen LogP contribution in [0.2, 0.25) is 0 Å². The molecule has 0 saturated heterocycles. The minimum absolute atomic E-state index is 0.0884. The number of benzene rings is 1. The molecule has 2 N–H and O–H groups in total. The summed E-state index contributed by atoms with van der Waals surface area (Å²) < 4.78 is 13.2. The summed E-state index contributed by atoms with van der Waals surface area (Å²) in [6.07, 6.45) is 1.07. The lowest BCUT2D eigenvalue weighted by atomic mass is 10.0. The molecule has 0 amide bonds. The van der Waals surface area contributed by atoms with E-state index in [0.29, 0.717) is 0 Å². The number of halogens is 1. The monoisotopic (exact) mass is 273 g/mol. The molecule has 1 unspecified atom stereocenters. The van der Waals surface area contributed by atoms with Crippen molar-refractivity contribution in [2.45, 2.75) is 12.5 Å². The summed E-state index contributed by atoms with van der Waals surface area (Å²) >= 11 is 1.79. The third kappa shape index (κ3) is 1.77. The van der Waals surface area contributed by atoms with Crippen molar-refractivity contribution in [3.8, 4) is 0 Å². The highest BCUT2D eigenvalue weighted by molar-refractivity contribution is 7.10. The molecule has 3 aromatic rings. The van der Waals surface area contributed by atoms with Gasteiger partial charge in [0.05, 0.1) is 17.1 Å². The van der Waals surface area contributed by atoms with Crippen LogP contribution in [0.25, 0.3) is 11.0 Å². The molecule has 1 atom stereocenters. The number of nitrogens with one attached hydrogen (secondary N) is 2. The number of aromatic amines is 1. The second kappa shape index (κ2) is 4.15. The number of hydrogen-bond acceptors (Lipinski definition) is 3. The van der Waals surface area contributed by atoms with Crippen LogP contribution in [-0.2, 0) is 6.42 Å². The molecule has 0 saturated carbocycles. The van der Waals surface area contributed by atoms with Gasteiger partial charge in [-0.3, -0.25) is 0 Å². The topological polar surface area (TPSA) is 40.7 Å². The van der Waals surface area contributed by atoms with Crippen LogP contribution in [0.15, 0.2) is 29.6 Å². The molecule has 96 valence electrons. The maximum absolute atomic E-state index is 13.2. The van der Waals surface area contributed by atoms with Crippen LogP contribution in [0.1, 0.15) is 22.3 Å². The average Bonchev–Trinajstić information content (AvgIpc) is 3.03. The van der Waals surface area contributed by atoms with E-state index in [1.807, 2.05) is 0 Å². The first-order chi connectivity index (χ1) is 9.31. The lowest BCUT2D eigenvalue weighted by molar-refractivity contribution is 0.555. The van der Waals surface area contributed by atoms with Crippen LogP contribution >= 0.6 is 11.3 Å². The smallest absolute Gasteiger partial charge is 0.129 e. The van der Waals surface area contributed by atoms with Gasteiger partial charge < -0.3 is 10.3 Å². The van der Waals surface area contributed by atoms with E-state index in [9.17, 15) is 4.39 Å². The predicted octanol–water partition coefficient (Wildman–Crippen LogP) is 3.00. The highest BCUT2D eigenvalue weighted by Gasteiger charge is 2.24. The molecule has 2 aromatic heterocycles. The van der Waals surface area contributed by atoms with Crippen molar-refractivity contribution >= 4 is 22.4 Å². The number of hydrogen-bond donors (Lipinski definition) is 2. The maximum atomic E-state index is 13.2. The minimum Gasteiger partial charge on any atom is -0.340 e. The van der Waals surface area contributed by atoms with Crippen molar-refractivity contribution < 1.29 is 4.39 Å². The summed E-state index contributed by atoms with van der Waals surface area (Å²) in [7, 11) is 0. The number of H-pyrrole nitrogens is 1. The van der Waals surface area contributed by atoms with Crippen molar-refractivity contribution in [1.82, 2.24) is 15.3 Å². The fourth-order valence-corrected chi connectivity index (χ4v) is 3.55. The second-order valence-electron chi connectivity index (χ2n) is 4.72. The Balaban J connectivity index is 1.83. The molecule has 1 aromatic carbocycles. The van der Waals surface area contributed by atoms with Crippen LogP contribution in [0.5, 0.6) is 0 Å². The zero-order chi connectivity index (χ0) is 12.8. The third-order valence-electron chi connectivity index (χ3n) is 3.53. The van der Waals surface area contributed by atoms with Crippen LogP contribution in [0.4, 0.5) is 4.39 Å². The van der Waals surface area contributed by atoms with E-state index in [-0.39, 0.29) is 11.9 Å². The van der Waals surface area contributed by atoms with Crippen molar-refractivity contribution in [3.05, 3.63) is 51.7 Å². The SMILES string of the molecule is Fc1ccc2nc(C3NCCc4sccc43)[nH]c2c1. The Bertz CT molecular complexity index is 746. The second-order valence-corrected chi connectivity index (χ2v) is 5.72. The first-order valence-electron chi connectivity index (χ1n) is 6.26. The van der Waals surface area contributed by atoms with Gasteiger partial charge in [0.1, 0.15) is 11.6 Å². The highest BCUT2D eigenvalue weighted by Crippen LogP contribution is 2.31. The number of fused-ring (bicyclic) bond motifs is 2. The molecule has 0 fully saturated rings. The number of aromatic nitrogens is 2. The first-order valence-corrected chi connectivity index (χ1v) is 7.14. The predicted molar refractivity (Wildman–Crippen MR) is 73.9 cm³/mol.